The number of esters is 1. The lowest BCUT2D eigenvalue weighted by molar-refractivity contribution is -0.885. The van der Waals surface area contributed by atoms with Crippen LogP contribution in [0.5, 0.6) is 0 Å². The highest BCUT2D eigenvalue weighted by Gasteiger charge is 2.24. The van der Waals surface area contributed by atoms with E-state index in [0.29, 0.717) is 35.6 Å². The summed E-state index contributed by atoms with van der Waals surface area (Å²) in [5.74, 6) is 0.362. The van der Waals surface area contributed by atoms with Crippen LogP contribution < -0.4 is 4.90 Å². The molecule has 2 aromatic rings. The van der Waals surface area contributed by atoms with Gasteiger partial charge < -0.3 is 19.0 Å². The topological polar surface area (TPSA) is 76.7 Å². The average molecular weight is 305 g/mol. The summed E-state index contributed by atoms with van der Waals surface area (Å²) in [6.07, 6.45) is 1.62. The van der Waals surface area contributed by atoms with Gasteiger partial charge in [-0.15, -0.1) is 0 Å². The fourth-order valence-electron chi connectivity index (χ4n) is 2.57. The minimum Gasteiger partial charge on any atom is -0.465 e. The molecule has 6 heteroatoms. The Morgan fingerprint density at radius 2 is 2.09 bits per heavy atom. The summed E-state index contributed by atoms with van der Waals surface area (Å²) in [7, 11) is 3.25. The van der Waals surface area contributed by atoms with E-state index < -0.39 is 5.97 Å². The number of ketones is 1. The van der Waals surface area contributed by atoms with Crippen molar-refractivity contribution in [2.24, 2.45) is 0 Å². The third-order valence-corrected chi connectivity index (χ3v) is 3.62. The third-order valence-electron chi connectivity index (χ3n) is 3.62. The molecule has 2 N–H and O–H groups in total. The molecular formula is C16H21N2O4+. The van der Waals surface area contributed by atoms with E-state index in [2.05, 4.69) is 4.98 Å². The number of nitrogens with one attached hydrogen (secondary N) is 2. The van der Waals surface area contributed by atoms with E-state index in [-0.39, 0.29) is 5.78 Å². The number of carbonyl (C=O) groups excluding carboxylic acids is 2. The molecular weight excluding hydrogens is 284 g/mol. The number of aromatic nitrogens is 1. The molecule has 2 aromatic heterocycles. The van der Waals surface area contributed by atoms with Crippen molar-refractivity contribution < 1.29 is 23.6 Å². The predicted octanol–water partition coefficient (Wildman–Crippen LogP) is 0.909. The number of hydrogen-bond donors (Lipinski definition) is 2. The van der Waals surface area contributed by atoms with E-state index in [9.17, 15) is 9.59 Å². The highest BCUT2D eigenvalue weighted by molar-refractivity contribution is 6.01. The van der Waals surface area contributed by atoms with Gasteiger partial charge >= 0.3 is 5.97 Å². The molecule has 1 unspecified atom stereocenters. The number of likely N-dealkylation sites (N-methyl/N-ethyl adjacent to an activating group) is 1. The van der Waals surface area contributed by atoms with Gasteiger partial charge in [0.05, 0.1) is 31.7 Å². The van der Waals surface area contributed by atoms with E-state index in [0.717, 1.165) is 10.7 Å². The van der Waals surface area contributed by atoms with Crippen LogP contribution in [0, 0.1) is 13.8 Å². The van der Waals surface area contributed by atoms with Gasteiger partial charge in [0.25, 0.3) is 0 Å². The number of H-pyrrole nitrogens is 1. The van der Waals surface area contributed by atoms with Crippen LogP contribution in [0.25, 0.3) is 0 Å². The summed E-state index contributed by atoms with van der Waals surface area (Å²) >= 11 is 0. The maximum Gasteiger partial charge on any atom is 0.339 e. The van der Waals surface area contributed by atoms with Crippen LogP contribution in [0.4, 0.5) is 0 Å². The lowest BCUT2D eigenvalue weighted by atomic mass is 10.1. The number of methoxy groups -OCH3 is 1. The van der Waals surface area contributed by atoms with Crippen molar-refractivity contribution in [3.05, 3.63) is 46.7 Å². The number of ether oxygens (including phenoxy) is 1. The number of furan rings is 1. The van der Waals surface area contributed by atoms with Crippen molar-refractivity contribution >= 4 is 11.8 Å². The monoisotopic (exact) mass is 305 g/mol. The lowest BCUT2D eigenvalue weighted by Crippen LogP contribution is -3.08. The van der Waals surface area contributed by atoms with Gasteiger partial charge in [-0.2, -0.15) is 0 Å². The lowest BCUT2D eigenvalue weighted by Gasteiger charge is -2.11. The van der Waals surface area contributed by atoms with Gasteiger partial charge in [0.1, 0.15) is 13.1 Å². The minimum atomic E-state index is -0.429. The zero-order chi connectivity index (χ0) is 16.3. The molecule has 6 nitrogen and oxygen atoms in total. The number of carbonyl (C=O) groups is 2. The molecule has 118 valence electrons. The Balaban J connectivity index is 2.11. The number of quaternary nitrogens is 1. The van der Waals surface area contributed by atoms with E-state index >= 15 is 0 Å². The average Bonchev–Trinajstić information content (AvgIpc) is 3.06. The summed E-state index contributed by atoms with van der Waals surface area (Å²) in [6, 6.07) is 3.71. The Bertz CT molecular complexity index is 671. The van der Waals surface area contributed by atoms with Crippen LogP contribution >= 0.6 is 0 Å². The molecule has 0 saturated carbocycles. The van der Waals surface area contributed by atoms with Crippen molar-refractivity contribution in [1.82, 2.24) is 4.98 Å². The Hall–Kier alpha value is -2.34. The SMILES string of the molecule is COC(=O)c1c(C)[nH]c(C(=O)C[NH+](C)Cc2ccco2)c1C. The summed E-state index contributed by atoms with van der Waals surface area (Å²) in [4.78, 5) is 28.2. The van der Waals surface area contributed by atoms with Crippen LogP contribution in [0.2, 0.25) is 0 Å². The highest BCUT2D eigenvalue weighted by atomic mass is 16.5. The first-order valence-corrected chi connectivity index (χ1v) is 7.08. The summed E-state index contributed by atoms with van der Waals surface area (Å²) < 4.78 is 10.0. The van der Waals surface area contributed by atoms with E-state index in [1.54, 1.807) is 20.1 Å². The standard InChI is InChI=1S/C16H20N2O4/c1-10-14(16(20)21-4)11(2)17-15(10)13(19)9-18(3)8-12-6-5-7-22-12/h5-7,17H,8-9H2,1-4H3/p+1. The zero-order valence-electron chi connectivity index (χ0n) is 13.3. The normalized spacial score (nSPS) is 12.2. The molecule has 0 bridgehead atoms. The largest absolute Gasteiger partial charge is 0.465 e. The van der Waals surface area contributed by atoms with E-state index in [1.807, 2.05) is 19.2 Å². The zero-order valence-corrected chi connectivity index (χ0v) is 13.3. The number of aromatic amines is 1. The molecule has 22 heavy (non-hydrogen) atoms. The number of hydrogen-bond acceptors (Lipinski definition) is 4. The van der Waals surface area contributed by atoms with Crippen molar-refractivity contribution in [1.29, 1.82) is 0 Å². The second-order valence-corrected chi connectivity index (χ2v) is 5.43. The number of aryl methyl sites for hydroxylation is 1. The van der Waals surface area contributed by atoms with Gasteiger partial charge in [-0.3, -0.25) is 4.79 Å². The summed E-state index contributed by atoms with van der Waals surface area (Å²) in [6.45, 7) is 4.45. The van der Waals surface area contributed by atoms with Gasteiger partial charge in [0, 0.05) is 5.69 Å². The van der Waals surface area contributed by atoms with Crippen molar-refractivity contribution in [2.45, 2.75) is 20.4 Å². The first-order valence-electron chi connectivity index (χ1n) is 7.08. The minimum absolute atomic E-state index is 0.0418. The molecule has 0 radical (unpaired) electrons. The Labute approximate surface area is 129 Å². The number of rotatable bonds is 6. The molecule has 1 atom stereocenters. The molecule has 0 aliphatic rings. The fourth-order valence-corrected chi connectivity index (χ4v) is 2.57. The van der Waals surface area contributed by atoms with Crippen molar-refractivity contribution in [3.63, 3.8) is 0 Å². The molecule has 0 aliphatic carbocycles. The van der Waals surface area contributed by atoms with E-state index in [1.165, 1.54) is 7.11 Å². The van der Waals surface area contributed by atoms with Gasteiger partial charge in [0.2, 0.25) is 5.78 Å². The predicted molar refractivity (Wildman–Crippen MR) is 80.1 cm³/mol. The van der Waals surface area contributed by atoms with Crippen molar-refractivity contribution in [3.8, 4) is 0 Å². The van der Waals surface area contributed by atoms with Crippen LogP contribution in [0.1, 0.15) is 37.9 Å². The molecule has 0 saturated heterocycles. The highest BCUT2D eigenvalue weighted by Crippen LogP contribution is 2.18. The first kappa shape index (κ1) is 16.0. The van der Waals surface area contributed by atoms with Gasteiger partial charge in [-0.05, 0) is 31.5 Å². The first-order chi connectivity index (χ1) is 10.4. The summed E-state index contributed by atoms with van der Waals surface area (Å²) in [5.41, 5.74) is 2.20. The van der Waals surface area contributed by atoms with Crippen LogP contribution in [-0.4, -0.2) is 37.4 Å². The Morgan fingerprint density at radius 3 is 2.68 bits per heavy atom. The molecule has 0 spiro atoms. The quantitative estimate of drug-likeness (QED) is 0.614. The van der Waals surface area contributed by atoms with Gasteiger partial charge in [-0.25, -0.2) is 4.79 Å². The van der Waals surface area contributed by atoms with Gasteiger partial charge in [-0.1, -0.05) is 0 Å². The maximum absolute atomic E-state index is 12.4. The van der Waals surface area contributed by atoms with E-state index in [4.69, 9.17) is 9.15 Å². The maximum atomic E-state index is 12.4. The van der Waals surface area contributed by atoms with Crippen molar-refractivity contribution in [2.75, 3.05) is 20.7 Å². The molecule has 2 heterocycles. The molecule has 0 fully saturated rings. The van der Waals surface area contributed by atoms with Crippen LogP contribution in [0.3, 0.4) is 0 Å². The third kappa shape index (κ3) is 3.28. The molecule has 0 aliphatic heterocycles. The smallest absolute Gasteiger partial charge is 0.339 e. The number of Topliss-reactive ketones (excluding diaryl/α,β-unsaturated/α-hetero) is 1. The van der Waals surface area contributed by atoms with Crippen LogP contribution in [0.15, 0.2) is 22.8 Å². The Morgan fingerprint density at radius 1 is 1.36 bits per heavy atom. The second-order valence-electron chi connectivity index (χ2n) is 5.43. The summed E-state index contributed by atoms with van der Waals surface area (Å²) in [5, 5.41) is 0. The Kier molecular flexibility index (Phi) is 4.82. The fraction of sp³-hybridized carbons (Fsp3) is 0.375. The molecule has 0 aromatic carbocycles. The second kappa shape index (κ2) is 6.62. The van der Waals surface area contributed by atoms with Gasteiger partial charge in [0.15, 0.2) is 5.76 Å². The van der Waals surface area contributed by atoms with Crippen LogP contribution in [-0.2, 0) is 11.3 Å². The molecule has 2 rings (SSSR count). The molecule has 0 amide bonds.